The SMILES string of the molecule is COC/C=C/CCCC/C=C/COC. The van der Waals surface area contributed by atoms with E-state index in [0.717, 1.165) is 26.1 Å². The largest absolute Gasteiger partial charge is 0.381 e. The summed E-state index contributed by atoms with van der Waals surface area (Å²) in [6, 6.07) is 0. The molecule has 0 rings (SSSR count). The second kappa shape index (κ2) is 12.4. The third-order valence-electron chi connectivity index (χ3n) is 1.85. The Kier molecular flexibility index (Phi) is 11.9. The average Bonchev–Trinajstić information content (AvgIpc) is 2.21. The molecule has 82 valence electrons. The Hall–Kier alpha value is -0.600. The second-order valence-electron chi connectivity index (χ2n) is 3.14. The second-order valence-corrected chi connectivity index (χ2v) is 3.14. The zero-order chi connectivity index (χ0) is 10.5. The minimum atomic E-state index is 0.730. The van der Waals surface area contributed by atoms with Crippen LogP contribution in [0.2, 0.25) is 0 Å². The Morgan fingerprint density at radius 2 is 1.14 bits per heavy atom. The maximum atomic E-state index is 4.90. The van der Waals surface area contributed by atoms with Gasteiger partial charge in [0.15, 0.2) is 0 Å². The molecule has 0 fully saturated rings. The summed E-state index contributed by atoms with van der Waals surface area (Å²) in [4.78, 5) is 0. The van der Waals surface area contributed by atoms with E-state index in [0.29, 0.717) is 0 Å². The fourth-order valence-corrected chi connectivity index (χ4v) is 1.09. The van der Waals surface area contributed by atoms with Crippen LogP contribution in [0.5, 0.6) is 0 Å². The van der Waals surface area contributed by atoms with E-state index in [2.05, 4.69) is 24.3 Å². The predicted molar refractivity (Wildman–Crippen MR) is 60.5 cm³/mol. The molecular formula is C12H22O2. The molecule has 2 heteroatoms. The standard InChI is InChI=1S/C12H22O2/c1-13-11-9-7-5-3-4-6-8-10-12-14-2/h7-10H,3-6,11-12H2,1-2H3/b9-7+,10-8+. The molecule has 0 aromatic rings. The Labute approximate surface area is 87.6 Å². The number of methoxy groups -OCH3 is 2. The molecule has 0 atom stereocenters. The number of hydrogen-bond donors (Lipinski definition) is 0. The van der Waals surface area contributed by atoms with Crippen LogP contribution in [-0.4, -0.2) is 27.4 Å². The number of hydrogen-bond acceptors (Lipinski definition) is 2. The van der Waals surface area contributed by atoms with Crippen LogP contribution in [0.4, 0.5) is 0 Å². The predicted octanol–water partition coefficient (Wildman–Crippen LogP) is 2.95. The van der Waals surface area contributed by atoms with Crippen molar-refractivity contribution >= 4 is 0 Å². The Morgan fingerprint density at radius 3 is 1.50 bits per heavy atom. The lowest BCUT2D eigenvalue weighted by atomic mass is 10.2. The average molecular weight is 198 g/mol. The van der Waals surface area contributed by atoms with Crippen molar-refractivity contribution in [3.63, 3.8) is 0 Å². The van der Waals surface area contributed by atoms with E-state index in [4.69, 9.17) is 9.47 Å². The maximum absolute atomic E-state index is 4.90. The molecule has 0 spiro atoms. The van der Waals surface area contributed by atoms with Crippen LogP contribution in [0.1, 0.15) is 25.7 Å². The molecule has 0 amide bonds. The monoisotopic (exact) mass is 198 g/mol. The summed E-state index contributed by atoms with van der Waals surface area (Å²) >= 11 is 0. The van der Waals surface area contributed by atoms with E-state index >= 15 is 0 Å². The van der Waals surface area contributed by atoms with E-state index in [1.807, 2.05) is 0 Å². The van der Waals surface area contributed by atoms with Crippen LogP contribution in [0.25, 0.3) is 0 Å². The van der Waals surface area contributed by atoms with Crippen LogP contribution in [-0.2, 0) is 9.47 Å². The third kappa shape index (κ3) is 11.4. The highest BCUT2D eigenvalue weighted by molar-refractivity contribution is 4.83. The van der Waals surface area contributed by atoms with Gasteiger partial charge in [0.2, 0.25) is 0 Å². The van der Waals surface area contributed by atoms with Crippen molar-refractivity contribution in [2.24, 2.45) is 0 Å². The van der Waals surface area contributed by atoms with Gasteiger partial charge in [-0.1, -0.05) is 24.3 Å². The van der Waals surface area contributed by atoms with Gasteiger partial charge in [0, 0.05) is 14.2 Å². The number of ether oxygens (including phenoxy) is 2. The van der Waals surface area contributed by atoms with Crippen molar-refractivity contribution in [2.45, 2.75) is 25.7 Å². The first-order valence-corrected chi connectivity index (χ1v) is 5.19. The van der Waals surface area contributed by atoms with Crippen LogP contribution >= 0.6 is 0 Å². The van der Waals surface area contributed by atoms with Gasteiger partial charge in [-0.2, -0.15) is 0 Å². The minimum absolute atomic E-state index is 0.730. The fourth-order valence-electron chi connectivity index (χ4n) is 1.09. The highest BCUT2D eigenvalue weighted by atomic mass is 16.5. The Morgan fingerprint density at radius 1 is 0.714 bits per heavy atom. The van der Waals surface area contributed by atoms with Gasteiger partial charge in [0.25, 0.3) is 0 Å². The first-order chi connectivity index (χ1) is 6.91. The summed E-state index contributed by atoms with van der Waals surface area (Å²) < 4.78 is 9.80. The Balaban J connectivity index is 3.05. The zero-order valence-corrected chi connectivity index (χ0v) is 9.37. The maximum Gasteiger partial charge on any atom is 0.0643 e. The molecule has 0 unspecified atom stereocenters. The smallest absolute Gasteiger partial charge is 0.0643 e. The van der Waals surface area contributed by atoms with Crippen molar-refractivity contribution in [2.75, 3.05) is 27.4 Å². The van der Waals surface area contributed by atoms with Crippen LogP contribution in [0, 0.1) is 0 Å². The molecule has 0 radical (unpaired) electrons. The zero-order valence-electron chi connectivity index (χ0n) is 9.37. The molecule has 14 heavy (non-hydrogen) atoms. The van der Waals surface area contributed by atoms with E-state index in [1.54, 1.807) is 14.2 Å². The van der Waals surface area contributed by atoms with Gasteiger partial charge < -0.3 is 9.47 Å². The van der Waals surface area contributed by atoms with Crippen molar-refractivity contribution in [1.82, 2.24) is 0 Å². The van der Waals surface area contributed by atoms with Gasteiger partial charge in [0.05, 0.1) is 13.2 Å². The molecule has 0 aliphatic carbocycles. The molecule has 0 bridgehead atoms. The molecule has 0 aliphatic rings. The topological polar surface area (TPSA) is 18.5 Å². The summed E-state index contributed by atoms with van der Waals surface area (Å²) in [7, 11) is 3.43. The molecule has 0 heterocycles. The van der Waals surface area contributed by atoms with Gasteiger partial charge in [-0.15, -0.1) is 0 Å². The van der Waals surface area contributed by atoms with Crippen molar-refractivity contribution in [1.29, 1.82) is 0 Å². The molecule has 2 nitrogen and oxygen atoms in total. The molecule has 0 saturated heterocycles. The Bertz CT molecular complexity index is 132. The van der Waals surface area contributed by atoms with Crippen LogP contribution in [0.15, 0.2) is 24.3 Å². The van der Waals surface area contributed by atoms with E-state index in [-0.39, 0.29) is 0 Å². The van der Waals surface area contributed by atoms with Gasteiger partial charge in [0.1, 0.15) is 0 Å². The van der Waals surface area contributed by atoms with E-state index in [9.17, 15) is 0 Å². The molecule has 0 aromatic carbocycles. The van der Waals surface area contributed by atoms with Crippen molar-refractivity contribution in [3.05, 3.63) is 24.3 Å². The lowest BCUT2D eigenvalue weighted by Crippen LogP contribution is -1.81. The van der Waals surface area contributed by atoms with Gasteiger partial charge in [-0.05, 0) is 25.7 Å². The lowest BCUT2D eigenvalue weighted by Gasteiger charge is -1.93. The van der Waals surface area contributed by atoms with Crippen LogP contribution in [0.3, 0.4) is 0 Å². The quantitative estimate of drug-likeness (QED) is 0.419. The number of allylic oxidation sites excluding steroid dienone is 2. The van der Waals surface area contributed by atoms with Crippen molar-refractivity contribution < 1.29 is 9.47 Å². The molecular weight excluding hydrogens is 176 g/mol. The first-order valence-electron chi connectivity index (χ1n) is 5.19. The summed E-state index contributed by atoms with van der Waals surface area (Å²) in [5, 5.41) is 0. The highest BCUT2D eigenvalue weighted by Gasteiger charge is 1.83. The van der Waals surface area contributed by atoms with E-state index in [1.165, 1.54) is 12.8 Å². The molecule has 0 aromatic heterocycles. The summed E-state index contributed by atoms with van der Waals surface area (Å²) in [6.07, 6.45) is 13.3. The first kappa shape index (κ1) is 13.4. The number of unbranched alkanes of at least 4 members (excludes halogenated alkanes) is 3. The summed E-state index contributed by atoms with van der Waals surface area (Å²) in [6.45, 7) is 1.46. The summed E-state index contributed by atoms with van der Waals surface area (Å²) in [5.41, 5.74) is 0. The van der Waals surface area contributed by atoms with Gasteiger partial charge in [-0.25, -0.2) is 0 Å². The highest BCUT2D eigenvalue weighted by Crippen LogP contribution is 2.01. The molecule has 0 saturated carbocycles. The van der Waals surface area contributed by atoms with Crippen molar-refractivity contribution in [3.8, 4) is 0 Å². The lowest BCUT2D eigenvalue weighted by molar-refractivity contribution is 0.233. The van der Waals surface area contributed by atoms with E-state index < -0.39 is 0 Å². The molecule has 0 N–H and O–H groups in total. The van der Waals surface area contributed by atoms with Gasteiger partial charge in [-0.3, -0.25) is 0 Å². The minimum Gasteiger partial charge on any atom is -0.381 e. The molecule has 0 aliphatic heterocycles. The normalized spacial score (nSPS) is 11.9. The fraction of sp³-hybridized carbons (Fsp3) is 0.667. The third-order valence-corrected chi connectivity index (χ3v) is 1.85. The number of rotatable bonds is 9. The summed E-state index contributed by atoms with van der Waals surface area (Å²) in [5.74, 6) is 0. The van der Waals surface area contributed by atoms with Crippen LogP contribution < -0.4 is 0 Å². The van der Waals surface area contributed by atoms with Gasteiger partial charge >= 0.3 is 0 Å².